The van der Waals surface area contributed by atoms with E-state index in [2.05, 4.69) is 42.6 Å². The van der Waals surface area contributed by atoms with Gasteiger partial charge in [-0.05, 0) is 39.2 Å². The fraction of sp³-hybridized carbons (Fsp3) is 0.529. The smallest absolute Gasteiger partial charge is 0.243 e. The van der Waals surface area contributed by atoms with E-state index in [4.69, 9.17) is 0 Å². The van der Waals surface area contributed by atoms with Gasteiger partial charge in [0.25, 0.3) is 0 Å². The van der Waals surface area contributed by atoms with E-state index in [9.17, 15) is 4.79 Å². The molecule has 0 heterocycles. The molecule has 20 heavy (non-hydrogen) atoms. The summed E-state index contributed by atoms with van der Waals surface area (Å²) < 4.78 is 0. The SMILES string of the molecule is CC(=NNC(=O)C1CCCCC1)c1ccc(C)cc1C. The van der Waals surface area contributed by atoms with Crippen LogP contribution in [0.4, 0.5) is 0 Å². The number of hydrogen-bond acceptors (Lipinski definition) is 2. The summed E-state index contributed by atoms with van der Waals surface area (Å²) in [6.07, 6.45) is 5.60. The van der Waals surface area contributed by atoms with Crippen molar-refractivity contribution in [1.82, 2.24) is 5.43 Å². The molecule has 0 aliphatic heterocycles. The van der Waals surface area contributed by atoms with Crippen LogP contribution in [-0.4, -0.2) is 11.6 Å². The summed E-state index contributed by atoms with van der Waals surface area (Å²) in [5.41, 5.74) is 7.14. The minimum atomic E-state index is 0.0776. The molecule has 1 saturated carbocycles. The lowest BCUT2D eigenvalue weighted by atomic mass is 9.89. The molecule has 1 aliphatic rings. The van der Waals surface area contributed by atoms with Crippen molar-refractivity contribution < 1.29 is 4.79 Å². The van der Waals surface area contributed by atoms with Crippen LogP contribution in [0, 0.1) is 19.8 Å². The summed E-state index contributed by atoms with van der Waals surface area (Å²) in [5.74, 6) is 0.230. The molecule has 108 valence electrons. The molecule has 1 fully saturated rings. The van der Waals surface area contributed by atoms with Gasteiger partial charge in [0.2, 0.25) is 5.91 Å². The zero-order valence-corrected chi connectivity index (χ0v) is 12.7. The maximum atomic E-state index is 12.1. The van der Waals surface area contributed by atoms with Crippen molar-refractivity contribution in [2.24, 2.45) is 11.0 Å². The van der Waals surface area contributed by atoms with Crippen molar-refractivity contribution in [1.29, 1.82) is 0 Å². The molecular formula is C17H24N2O. The van der Waals surface area contributed by atoms with Crippen molar-refractivity contribution in [3.63, 3.8) is 0 Å². The van der Waals surface area contributed by atoms with Crippen molar-refractivity contribution in [2.45, 2.75) is 52.9 Å². The molecular weight excluding hydrogens is 248 g/mol. The lowest BCUT2D eigenvalue weighted by molar-refractivity contribution is -0.125. The summed E-state index contributed by atoms with van der Waals surface area (Å²) >= 11 is 0. The molecule has 0 atom stereocenters. The predicted octanol–water partition coefficient (Wildman–Crippen LogP) is 3.72. The second kappa shape index (κ2) is 6.69. The number of hydrogen-bond donors (Lipinski definition) is 1. The largest absolute Gasteiger partial charge is 0.273 e. The van der Waals surface area contributed by atoms with E-state index in [0.717, 1.165) is 37.0 Å². The molecule has 0 radical (unpaired) electrons. The van der Waals surface area contributed by atoms with Crippen molar-refractivity contribution in [3.8, 4) is 0 Å². The Balaban J connectivity index is 2.01. The van der Waals surface area contributed by atoms with Gasteiger partial charge in [0.15, 0.2) is 0 Å². The van der Waals surface area contributed by atoms with Crippen LogP contribution in [0.1, 0.15) is 55.7 Å². The van der Waals surface area contributed by atoms with Crippen LogP contribution in [0.3, 0.4) is 0 Å². The Kier molecular flexibility index (Phi) is 4.94. The Morgan fingerprint density at radius 3 is 2.55 bits per heavy atom. The van der Waals surface area contributed by atoms with Gasteiger partial charge < -0.3 is 0 Å². The molecule has 0 spiro atoms. The van der Waals surface area contributed by atoms with E-state index < -0.39 is 0 Å². The average Bonchev–Trinajstić information content (AvgIpc) is 2.45. The van der Waals surface area contributed by atoms with Crippen LogP contribution in [0.15, 0.2) is 23.3 Å². The first kappa shape index (κ1) is 14.8. The van der Waals surface area contributed by atoms with Gasteiger partial charge in [0.1, 0.15) is 0 Å². The first-order valence-electron chi connectivity index (χ1n) is 7.49. The zero-order valence-electron chi connectivity index (χ0n) is 12.7. The number of carbonyl (C=O) groups excluding carboxylic acids is 1. The number of amides is 1. The lowest BCUT2D eigenvalue weighted by Crippen LogP contribution is -2.29. The maximum Gasteiger partial charge on any atom is 0.243 e. The Morgan fingerprint density at radius 1 is 1.20 bits per heavy atom. The third-order valence-electron chi connectivity index (χ3n) is 4.08. The van der Waals surface area contributed by atoms with Crippen LogP contribution in [0.5, 0.6) is 0 Å². The standard InChI is InChI=1S/C17H24N2O/c1-12-9-10-16(13(2)11-12)14(3)18-19-17(20)15-7-5-4-6-8-15/h9-11,15H,4-8H2,1-3H3,(H,19,20). The first-order chi connectivity index (χ1) is 9.58. The van der Waals surface area contributed by atoms with Crippen LogP contribution in [0.25, 0.3) is 0 Å². The highest BCUT2D eigenvalue weighted by molar-refractivity contribution is 6.00. The van der Waals surface area contributed by atoms with E-state index >= 15 is 0 Å². The number of rotatable bonds is 3. The third kappa shape index (κ3) is 3.69. The molecule has 3 nitrogen and oxygen atoms in total. The number of aryl methyl sites for hydroxylation is 2. The Labute approximate surface area is 121 Å². The molecule has 0 aromatic heterocycles. The van der Waals surface area contributed by atoms with Crippen LogP contribution in [-0.2, 0) is 4.79 Å². The topological polar surface area (TPSA) is 41.5 Å². The lowest BCUT2D eigenvalue weighted by Gasteiger charge is -2.19. The van der Waals surface area contributed by atoms with Gasteiger partial charge in [-0.2, -0.15) is 5.10 Å². The van der Waals surface area contributed by atoms with E-state index in [1.54, 1.807) is 0 Å². The van der Waals surface area contributed by atoms with Crippen molar-refractivity contribution in [2.75, 3.05) is 0 Å². The first-order valence-corrected chi connectivity index (χ1v) is 7.49. The van der Waals surface area contributed by atoms with Crippen LogP contribution in [0.2, 0.25) is 0 Å². The number of hydrazone groups is 1. The molecule has 1 amide bonds. The molecule has 0 saturated heterocycles. The summed E-state index contributed by atoms with van der Waals surface area (Å²) in [5, 5.41) is 4.28. The minimum absolute atomic E-state index is 0.0776. The Bertz CT molecular complexity index is 514. The quantitative estimate of drug-likeness (QED) is 0.661. The molecule has 1 aliphatic carbocycles. The highest BCUT2D eigenvalue weighted by Gasteiger charge is 2.20. The van der Waals surface area contributed by atoms with Gasteiger partial charge in [-0.1, -0.05) is 43.0 Å². The maximum absolute atomic E-state index is 12.1. The fourth-order valence-corrected chi connectivity index (χ4v) is 2.87. The Morgan fingerprint density at radius 2 is 1.90 bits per heavy atom. The normalized spacial score (nSPS) is 17.1. The number of nitrogens with zero attached hydrogens (tertiary/aromatic N) is 1. The molecule has 1 aromatic carbocycles. The van der Waals surface area contributed by atoms with E-state index in [1.807, 2.05) is 6.92 Å². The van der Waals surface area contributed by atoms with Gasteiger partial charge in [-0.25, -0.2) is 5.43 Å². The third-order valence-corrected chi connectivity index (χ3v) is 4.08. The molecule has 1 aromatic rings. The fourth-order valence-electron chi connectivity index (χ4n) is 2.87. The summed E-state index contributed by atoms with van der Waals surface area (Å²) in [4.78, 5) is 12.1. The van der Waals surface area contributed by atoms with Crippen molar-refractivity contribution in [3.05, 3.63) is 34.9 Å². The van der Waals surface area contributed by atoms with Gasteiger partial charge in [0, 0.05) is 11.5 Å². The average molecular weight is 272 g/mol. The number of benzene rings is 1. The summed E-state index contributed by atoms with van der Waals surface area (Å²) in [7, 11) is 0. The number of carbonyl (C=O) groups is 1. The second-order valence-corrected chi connectivity index (χ2v) is 5.83. The summed E-state index contributed by atoms with van der Waals surface area (Å²) in [6.45, 7) is 6.09. The van der Waals surface area contributed by atoms with Crippen LogP contribution >= 0.6 is 0 Å². The molecule has 0 unspecified atom stereocenters. The van der Waals surface area contributed by atoms with Crippen LogP contribution < -0.4 is 5.43 Å². The van der Waals surface area contributed by atoms with E-state index in [-0.39, 0.29) is 11.8 Å². The summed E-state index contributed by atoms with van der Waals surface area (Å²) in [6, 6.07) is 6.28. The number of nitrogens with one attached hydrogen (secondary N) is 1. The monoisotopic (exact) mass is 272 g/mol. The van der Waals surface area contributed by atoms with E-state index in [1.165, 1.54) is 17.5 Å². The predicted molar refractivity (Wildman–Crippen MR) is 82.8 cm³/mol. The molecule has 0 bridgehead atoms. The second-order valence-electron chi connectivity index (χ2n) is 5.83. The highest BCUT2D eigenvalue weighted by Crippen LogP contribution is 2.23. The molecule has 2 rings (SSSR count). The van der Waals surface area contributed by atoms with E-state index in [0.29, 0.717) is 0 Å². The van der Waals surface area contributed by atoms with Gasteiger partial charge in [0.05, 0.1) is 5.71 Å². The minimum Gasteiger partial charge on any atom is -0.273 e. The highest BCUT2D eigenvalue weighted by atomic mass is 16.2. The molecule has 1 N–H and O–H groups in total. The zero-order chi connectivity index (χ0) is 14.5. The molecule has 3 heteroatoms. The van der Waals surface area contributed by atoms with Gasteiger partial charge in [-0.15, -0.1) is 0 Å². The van der Waals surface area contributed by atoms with Gasteiger partial charge >= 0.3 is 0 Å². The van der Waals surface area contributed by atoms with Gasteiger partial charge in [-0.3, -0.25) is 4.79 Å². The van der Waals surface area contributed by atoms with Crippen molar-refractivity contribution >= 4 is 11.6 Å². The Hall–Kier alpha value is -1.64.